The van der Waals surface area contributed by atoms with Gasteiger partial charge < -0.3 is 14.6 Å². The lowest BCUT2D eigenvalue weighted by atomic mass is 9.87. The monoisotopic (exact) mass is 346 g/mol. The van der Waals surface area contributed by atoms with Crippen molar-refractivity contribution in [2.24, 2.45) is 12.5 Å². The lowest BCUT2D eigenvalue weighted by Gasteiger charge is -2.31. The number of rotatable bonds is 5. The summed E-state index contributed by atoms with van der Waals surface area (Å²) in [5, 5.41) is 2.91. The summed E-state index contributed by atoms with van der Waals surface area (Å²) in [6.07, 6.45) is 1.48. The van der Waals surface area contributed by atoms with Gasteiger partial charge >= 0.3 is 0 Å². The Labute approximate surface area is 146 Å². The summed E-state index contributed by atoms with van der Waals surface area (Å²) in [6.45, 7) is 6.01. The maximum atomic E-state index is 13.7. The first kappa shape index (κ1) is 18.7. The van der Waals surface area contributed by atoms with Crippen LogP contribution in [0.2, 0.25) is 0 Å². The molecule has 0 fully saturated rings. The molecule has 0 unspecified atom stereocenters. The Morgan fingerprint density at radius 3 is 2.52 bits per heavy atom. The van der Waals surface area contributed by atoms with Gasteiger partial charge in [-0.05, 0) is 23.6 Å². The van der Waals surface area contributed by atoms with Crippen molar-refractivity contribution in [1.29, 1.82) is 0 Å². The Morgan fingerprint density at radius 1 is 1.24 bits per heavy atom. The van der Waals surface area contributed by atoms with Gasteiger partial charge in [0.25, 0.3) is 5.91 Å². The number of ether oxygens (including phenoxy) is 1. The van der Waals surface area contributed by atoms with Crippen LogP contribution in [0.4, 0.5) is 4.39 Å². The molecule has 0 radical (unpaired) electrons. The fourth-order valence-electron chi connectivity index (χ4n) is 2.21. The Hall–Kier alpha value is -2.63. The minimum atomic E-state index is -0.445. The number of benzene rings is 1. The number of hydrogen-bond acceptors (Lipinski definition) is 3. The molecule has 25 heavy (non-hydrogen) atoms. The molecule has 1 aromatic heterocycles. The van der Waals surface area contributed by atoms with E-state index in [0.29, 0.717) is 5.56 Å². The van der Waals surface area contributed by atoms with Gasteiger partial charge in [0.2, 0.25) is 5.56 Å². The van der Waals surface area contributed by atoms with E-state index < -0.39 is 5.82 Å². The van der Waals surface area contributed by atoms with Gasteiger partial charge in [0.15, 0.2) is 11.6 Å². The number of aryl methyl sites for hydroxylation is 1. The second kappa shape index (κ2) is 7.51. The van der Waals surface area contributed by atoms with Crippen LogP contribution in [0.25, 0.3) is 0 Å². The summed E-state index contributed by atoms with van der Waals surface area (Å²) in [7, 11) is 1.58. The molecule has 0 aliphatic carbocycles. The molecule has 6 heteroatoms. The van der Waals surface area contributed by atoms with Crippen LogP contribution in [-0.2, 0) is 7.05 Å². The first-order valence-electron chi connectivity index (χ1n) is 8.03. The molecule has 0 aliphatic rings. The summed E-state index contributed by atoms with van der Waals surface area (Å²) in [4.78, 5) is 23.9. The molecule has 2 rings (SSSR count). The van der Waals surface area contributed by atoms with E-state index in [1.165, 1.54) is 29.0 Å². The second-order valence-electron chi connectivity index (χ2n) is 7.00. The number of carbonyl (C=O) groups is 1. The number of halogens is 1. The predicted molar refractivity (Wildman–Crippen MR) is 94.3 cm³/mol. The number of amides is 1. The zero-order valence-corrected chi connectivity index (χ0v) is 14.9. The molecular weight excluding hydrogens is 323 g/mol. The first-order chi connectivity index (χ1) is 11.7. The molecular formula is C19H23FN2O3. The lowest BCUT2D eigenvalue weighted by molar-refractivity contribution is 0.0859. The summed E-state index contributed by atoms with van der Waals surface area (Å²) in [5.74, 6) is -0.611. The van der Waals surface area contributed by atoms with E-state index in [-0.39, 0.29) is 35.3 Å². The number of hydrogen-bond donors (Lipinski definition) is 1. The fourth-order valence-corrected chi connectivity index (χ4v) is 2.21. The maximum absolute atomic E-state index is 13.7. The van der Waals surface area contributed by atoms with Gasteiger partial charge in [0.1, 0.15) is 6.61 Å². The molecule has 1 aromatic carbocycles. The van der Waals surface area contributed by atoms with Gasteiger partial charge in [-0.25, -0.2) is 4.39 Å². The standard InChI is InChI=1S/C19H23FN2O3/c1-19(2,3)16(12-25-15-8-6-5-7-14(15)20)21-18(24)13-9-10-17(23)22(4)11-13/h5-11,16H,12H2,1-4H3,(H,21,24)/t16-/m1/s1. The van der Waals surface area contributed by atoms with E-state index in [1.807, 2.05) is 20.8 Å². The number of aromatic nitrogens is 1. The van der Waals surface area contributed by atoms with Gasteiger partial charge in [0, 0.05) is 19.3 Å². The predicted octanol–water partition coefficient (Wildman–Crippen LogP) is 2.75. The molecule has 0 saturated carbocycles. The number of nitrogens with zero attached hydrogens (tertiary/aromatic N) is 1. The van der Waals surface area contributed by atoms with Gasteiger partial charge in [-0.3, -0.25) is 9.59 Å². The largest absolute Gasteiger partial charge is 0.488 e. The topological polar surface area (TPSA) is 60.3 Å². The average Bonchev–Trinajstić information content (AvgIpc) is 2.54. The highest BCUT2D eigenvalue weighted by atomic mass is 19.1. The quantitative estimate of drug-likeness (QED) is 0.906. The zero-order valence-electron chi connectivity index (χ0n) is 14.9. The number of pyridine rings is 1. The smallest absolute Gasteiger partial charge is 0.253 e. The van der Waals surface area contributed by atoms with Crippen LogP contribution < -0.4 is 15.6 Å². The van der Waals surface area contributed by atoms with E-state index in [2.05, 4.69) is 5.32 Å². The Bertz CT molecular complexity index is 809. The highest BCUT2D eigenvalue weighted by Gasteiger charge is 2.28. The molecule has 1 heterocycles. The lowest BCUT2D eigenvalue weighted by Crippen LogP contribution is -2.47. The molecule has 5 nitrogen and oxygen atoms in total. The number of para-hydroxylation sites is 1. The Kier molecular flexibility index (Phi) is 5.62. The molecule has 0 spiro atoms. The number of carbonyl (C=O) groups excluding carboxylic acids is 1. The van der Waals surface area contributed by atoms with Gasteiger partial charge in [-0.2, -0.15) is 0 Å². The van der Waals surface area contributed by atoms with E-state index in [0.717, 1.165) is 0 Å². The van der Waals surface area contributed by atoms with Crippen LogP contribution in [0.5, 0.6) is 5.75 Å². The van der Waals surface area contributed by atoms with E-state index in [4.69, 9.17) is 4.74 Å². The van der Waals surface area contributed by atoms with Crippen molar-refractivity contribution in [2.45, 2.75) is 26.8 Å². The zero-order chi connectivity index (χ0) is 18.6. The van der Waals surface area contributed by atoms with Gasteiger partial charge in [-0.1, -0.05) is 32.9 Å². The first-order valence-corrected chi connectivity index (χ1v) is 8.03. The highest BCUT2D eigenvalue weighted by molar-refractivity contribution is 5.94. The van der Waals surface area contributed by atoms with Crippen molar-refractivity contribution in [1.82, 2.24) is 9.88 Å². The SMILES string of the molecule is Cn1cc(C(=O)N[C@H](COc2ccccc2F)C(C)(C)C)ccc1=O. The van der Waals surface area contributed by atoms with Crippen molar-refractivity contribution < 1.29 is 13.9 Å². The third-order valence-corrected chi connectivity index (χ3v) is 3.94. The molecule has 0 bridgehead atoms. The summed E-state index contributed by atoms with van der Waals surface area (Å²) in [6, 6.07) is 8.62. The van der Waals surface area contributed by atoms with Crippen LogP contribution in [0, 0.1) is 11.2 Å². The molecule has 1 N–H and O–H groups in total. The molecule has 0 aliphatic heterocycles. The van der Waals surface area contributed by atoms with Crippen LogP contribution in [0.3, 0.4) is 0 Å². The van der Waals surface area contributed by atoms with Crippen LogP contribution >= 0.6 is 0 Å². The average molecular weight is 346 g/mol. The number of nitrogens with one attached hydrogen (secondary N) is 1. The maximum Gasteiger partial charge on any atom is 0.253 e. The van der Waals surface area contributed by atoms with Crippen molar-refractivity contribution >= 4 is 5.91 Å². The van der Waals surface area contributed by atoms with E-state index in [9.17, 15) is 14.0 Å². The normalized spacial score (nSPS) is 12.5. The Balaban J connectivity index is 2.12. The Morgan fingerprint density at radius 2 is 1.92 bits per heavy atom. The molecule has 134 valence electrons. The van der Waals surface area contributed by atoms with Crippen molar-refractivity contribution in [3.63, 3.8) is 0 Å². The molecule has 2 aromatic rings. The molecule has 1 amide bonds. The van der Waals surface area contributed by atoms with Crippen molar-refractivity contribution in [2.75, 3.05) is 6.61 Å². The molecule has 0 saturated heterocycles. The van der Waals surface area contributed by atoms with Gasteiger partial charge in [0.05, 0.1) is 11.6 Å². The van der Waals surface area contributed by atoms with E-state index >= 15 is 0 Å². The second-order valence-corrected chi connectivity index (χ2v) is 7.00. The van der Waals surface area contributed by atoms with Crippen LogP contribution in [0.1, 0.15) is 31.1 Å². The third-order valence-electron chi connectivity index (χ3n) is 3.94. The minimum Gasteiger partial charge on any atom is -0.488 e. The fraction of sp³-hybridized carbons (Fsp3) is 0.368. The highest BCUT2D eigenvalue weighted by Crippen LogP contribution is 2.22. The van der Waals surface area contributed by atoms with Crippen LogP contribution in [-0.4, -0.2) is 23.1 Å². The third kappa shape index (κ3) is 4.92. The van der Waals surface area contributed by atoms with E-state index in [1.54, 1.807) is 25.2 Å². The summed E-state index contributed by atoms with van der Waals surface area (Å²) in [5.41, 5.74) is -0.115. The summed E-state index contributed by atoms with van der Waals surface area (Å²) >= 11 is 0. The minimum absolute atomic E-state index is 0.127. The van der Waals surface area contributed by atoms with Crippen molar-refractivity contribution in [3.05, 3.63) is 64.3 Å². The summed E-state index contributed by atoms with van der Waals surface area (Å²) < 4.78 is 20.6. The molecule has 1 atom stereocenters. The van der Waals surface area contributed by atoms with Crippen molar-refractivity contribution in [3.8, 4) is 5.75 Å². The van der Waals surface area contributed by atoms with Gasteiger partial charge in [-0.15, -0.1) is 0 Å². The van der Waals surface area contributed by atoms with Crippen LogP contribution in [0.15, 0.2) is 47.4 Å².